The molecular formula is C51H78O13. The summed E-state index contributed by atoms with van der Waals surface area (Å²) in [5, 5.41) is 0. The van der Waals surface area contributed by atoms with Crippen LogP contribution in [0.2, 0.25) is 0 Å². The minimum Gasteiger partial charge on any atom is -0.493 e. The van der Waals surface area contributed by atoms with E-state index in [1.165, 1.54) is 38.5 Å². The maximum absolute atomic E-state index is 13.8. The Morgan fingerprint density at radius 1 is 0.438 bits per heavy atom. The Morgan fingerprint density at radius 2 is 0.828 bits per heavy atom. The molecule has 2 aromatic carbocycles. The van der Waals surface area contributed by atoms with Crippen molar-refractivity contribution in [3.8, 4) is 53.4 Å². The van der Waals surface area contributed by atoms with Gasteiger partial charge in [-0.2, -0.15) is 0 Å². The highest BCUT2D eigenvalue weighted by Crippen LogP contribution is 2.39. The normalized spacial score (nSPS) is 10.9. The van der Waals surface area contributed by atoms with Crippen LogP contribution in [-0.2, 0) is 39.8 Å². The molecule has 0 N–H and O–H groups in total. The number of rotatable bonds is 44. The number of hydrogen-bond donors (Lipinski definition) is 0. The van der Waals surface area contributed by atoms with Crippen LogP contribution in [0.5, 0.6) is 28.7 Å². The molecule has 2 rings (SSSR count). The third-order valence-corrected chi connectivity index (χ3v) is 9.77. The van der Waals surface area contributed by atoms with Crippen molar-refractivity contribution in [2.24, 2.45) is 0 Å². The third kappa shape index (κ3) is 28.6. The lowest BCUT2D eigenvalue weighted by molar-refractivity contribution is 0.0454. The van der Waals surface area contributed by atoms with Crippen molar-refractivity contribution in [2.75, 3.05) is 114 Å². The van der Waals surface area contributed by atoms with Crippen molar-refractivity contribution < 1.29 is 61.6 Å². The standard InChI is InChI=1S/C51H78O13/c1-6-8-10-12-14-16-18-20-22-24-59-46-40-45(41-47(42-46)60-25-23-21-19-17-15-13-11-9-7-2)51(52)64-43-44-38-48(61-35-32-56-29-26-53-3)50(63-37-34-58-31-28-55-5)49(39-44)62-36-33-57-30-27-54-4/h1-2,38-42H,8-37,43H2,3-5H3. The van der Waals surface area contributed by atoms with Crippen LogP contribution >= 0.6 is 0 Å². The number of unbranched alkanes of at least 4 members (excludes halogenated alkanes) is 14. The third-order valence-electron chi connectivity index (χ3n) is 9.77. The number of terminal acetylenes is 2. The van der Waals surface area contributed by atoms with Gasteiger partial charge in [0.15, 0.2) is 11.5 Å². The zero-order valence-corrected chi connectivity index (χ0v) is 39.3. The number of carbonyl (C=O) groups is 1. The van der Waals surface area contributed by atoms with Crippen molar-refractivity contribution in [3.05, 3.63) is 41.5 Å². The van der Waals surface area contributed by atoms with E-state index in [-0.39, 0.29) is 26.4 Å². The van der Waals surface area contributed by atoms with Crippen LogP contribution in [0, 0.1) is 24.7 Å². The van der Waals surface area contributed by atoms with Crippen LogP contribution in [0.1, 0.15) is 119 Å². The molecule has 0 aliphatic rings. The molecule has 0 aromatic heterocycles. The lowest BCUT2D eigenvalue weighted by Crippen LogP contribution is -2.15. The molecule has 0 radical (unpaired) electrons. The molecule has 360 valence electrons. The molecule has 0 aliphatic heterocycles. The number of ether oxygens (including phenoxy) is 12. The van der Waals surface area contributed by atoms with Gasteiger partial charge in [-0.05, 0) is 55.5 Å². The van der Waals surface area contributed by atoms with Gasteiger partial charge >= 0.3 is 5.97 Å². The summed E-state index contributed by atoms with van der Waals surface area (Å²) >= 11 is 0. The van der Waals surface area contributed by atoms with Gasteiger partial charge in [0.1, 0.15) is 37.9 Å². The Morgan fingerprint density at radius 3 is 1.25 bits per heavy atom. The first-order valence-electron chi connectivity index (χ1n) is 23.3. The molecule has 13 heteroatoms. The van der Waals surface area contributed by atoms with Gasteiger partial charge in [-0.25, -0.2) is 4.79 Å². The van der Waals surface area contributed by atoms with Gasteiger partial charge in [0.05, 0.1) is 78.2 Å². The van der Waals surface area contributed by atoms with Crippen LogP contribution in [0.3, 0.4) is 0 Å². The molecule has 0 amide bonds. The van der Waals surface area contributed by atoms with E-state index in [0.29, 0.717) is 113 Å². The van der Waals surface area contributed by atoms with E-state index in [9.17, 15) is 4.79 Å². The predicted octanol–water partition coefficient (Wildman–Crippen LogP) is 9.43. The summed E-state index contributed by atoms with van der Waals surface area (Å²) in [6.07, 6.45) is 28.0. The Bertz CT molecular complexity index is 1450. The second-order valence-electron chi connectivity index (χ2n) is 15.1. The lowest BCUT2D eigenvalue weighted by Gasteiger charge is -2.19. The van der Waals surface area contributed by atoms with E-state index < -0.39 is 5.97 Å². The summed E-state index contributed by atoms with van der Waals surface area (Å²) < 4.78 is 69.0. The number of benzene rings is 2. The van der Waals surface area contributed by atoms with Gasteiger partial charge in [-0.3, -0.25) is 0 Å². The minimum absolute atomic E-state index is 0.0760. The Balaban J connectivity index is 2.21. The predicted molar refractivity (Wildman–Crippen MR) is 249 cm³/mol. The van der Waals surface area contributed by atoms with Crippen LogP contribution in [0.15, 0.2) is 30.3 Å². The van der Waals surface area contributed by atoms with E-state index in [0.717, 1.165) is 64.2 Å². The molecule has 0 saturated heterocycles. The van der Waals surface area contributed by atoms with Crippen LogP contribution in [0.4, 0.5) is 0 Å². The molecule has 13 nitrogen and oxygen atoms in total. The quantitative estimate of drug-likeness (QED) is 0.0356. The Hall–Kier alpha value is -4.21. The smallest absolute Gasteiger partial charge is 0.338 e. The van der Waals surface area contributed by atoms with Gasteiger partial charge in [0, 0.05) is 40.2 Å². The van der Waals surface area contributed by atoms with E-state index >= 15 is 0 Å². The van der Waals surface area contributed by atoms with E-state index in [4.69, 9.17) is 69.7 Å². The van der Waals surface area contributed by atoms with Crippen molar-refractivity contribution in [3.63, 3.8) is 0 Å². The van der Waals surface area contributed by atoms with Gasteiger partial charge in [0.25, 0.3) is 0 Å². The molecule has 0 unspecified atom stereocenters. The summed E-state index contributed by atoms with van der Waals surface area (Å²) in [6, 6.07) is 8.81. The molecule has 0 fully saturated rings. The summed E-state index contributed by atoms with van der Waals surface area (Å²) in [4.78, 5) is 13.8. The highest BCUT2D eigenvalue weighted by molar-refractivity contribution is 5.90. The first-order chi connectivity index (χ1) is 31.6. The van der Waals surface area contributed by atoms with Crippen LogP contribution in [0.25, 0.3) is 0 Å². The van der Waals surface area contributed by atoms with Crippen molar-refractivity contribution >= 4 is 5.97 Å². The van der Waals surface area contributed by atoms with Crippen molar-refractivity contribution in [1.82, 2.24) is 0 Å². The number of methoxy groups -OCH3 is 3. The summed E-state index contributed by atoms with van der Waals surface area (Å²) in [5.74, 6) is 7.19. The number of hydrogen-bond acceptors (Lipinski definition) is 13. The molecule has 0 spiro atoms. The lowest BCUT2D eigenvalue weighted by atomic mass is 10.1. The maximum Gasteiger partial charge on any atom is 0.338 e. The second kappa shape index (κ2) is 40.3. The van der Waals surface area contributed by atoms with Gasteiger partial charge in [-0.15, -0.1) is 24.7 Å². The van der Waals surface area contributed by atoms with E-state index in [1.54, 1.807) is 45.6 Å². The Kier molecular flexibility index (Phi) is 35.2. The largest absolute Gasteiger partial charge is 0.493 e. The zero-order valence-electron chi connectivity index (χ0n) is 39.3. The fourth-order valence-electron chi connectivity index (χ4n) is 6.32. The summed E-state index contributed by atoms with van der Waals surface area (Å²) in [6.45, 7) is 5.31. The average molecular weight is 899 g/mol. The maximum atomic E-state index is 13.8. The van der Waals surface area contributed by atoms with Crippen LogP contribution in [-0.4, -0.2) is 120 Å². The molecule has 0 heterocycles. The summed E-state index contributed by atoms with van der Waals surface area (Å²) in [5.41, 5.74) is 0.952. The molecule has 0 atom stereocenters. The summed E-state index contributed by atoms with van der Waals surface area (Å²) in [7, 11) is 4.86. The number of esters is 1. The first-order valence-corrected chi connectivity index (χ1v) is 23.3. The van der Waals surface area contributed by atoms with Gasteiger partial charge in [0.2, 0.25) is 5.75 Å². The molecular weight excluding hydrogens is 821 g/mol. The molecule has 0 aliphatic carbocycles. The highest BCUT2D eigenvalue weighted by Gasteiger charge is 2.19. The molecule has 0 saturated carbocycles. The van der Waals surface area contributed by atoms with E-state index in [2.05, 4.69) is 11.8 Å². The van der Waals surface area contributed by atoms with E-state index in [1.807, 2.05) is 6.07 Å². The van der Waals surface area contributed by atoms with Gasteiger partial charge < -0.3 is 56.8 Å². The SMILES string of the molecule is C#CCCCCCCCCCOc1cc(OCCCCCCCCCC#C)cc(C(=O)OCc2cc(OCCOCCOC)c(OCCOCCOC)c(OCCOCCOC)c2)c1. The van der Waals surface area contributed by atoms with Crippen molar-refractivity contribution in [2.45, 2.75) is 109 Å². The highest BCUT2D eigenvalue weighted by atomic mass is 16.6. The van der Waals surface area contributed by atoms with Gasteiger partial charge in [-0.1, -0.05) is 64.2 Å². The van der Waals surface area contributed by atoms with Crippen LogP contribution < -0.4 is 23.7 Å². The second-order valence-corrected chi connectivity index (χ2v) is 15.1. The molecule has 0 bridgehead atoms. The van der Waals surface area contributed by atoms with Crippen molar-refractivity contribution in [1.29, 1.82) is 0 Å². The monoisotopic (exact) mass is 899 g/mol. The zero-order chi connectivity index (χ0) is 46.0. The molecule has 64 heavy (non-hydrogen) atoms. The first kappa shape index (κ1) is 55.9. The Labute approximate surface area is 384 Å². The topological polar surface area (TPSA) is 128 Å². The number of carbonyl (C=O) groups excluding carboxylic acids is 1. The average Bonchev–Trinajstić information content (AvgIpc) is 3.30. The molecule has 2 aromatic rings. The minimum atomic E-state index is -0.526. The fraction of sp³-hybridized carbons (Fsp3) is 0.667. The fourth-order valence-corrected chi connectivity index (χ4v) is 6.32.